The molecular formula is C16H34O8. The summed E-state index contributed by atoms with van der Waals surface area (Å²) < 4.78 is 0. The molecular weight excluding hydrogens is 320 g/mol. The second kappa shape index (κ2) is 9.40. The Morgan fingerprint density at radius 2 is 0.833 bits per heavy atom. The highest BCUT2D eigenvalue weighted by Crippen LogP contribution is 2.29. The molecule has 0 aliphatic carbocycles. The van der Waals surface area contributed by atoms with Crippen molar-refractivity contribution in [1.82, 2.24) is 0 Å². The summed E-state index contributed by atoms with van der Waals surface area (Å²) in [5.74, 6) is 0. The summed E-state index contributed by atoms with van der Waals surface area (Å²) >= 11 is 0. The lowest BCUT2D eigenvalue weighted by Gasteiger charge is -2.35. The van der Waals surface area contributed by atoms with Crippen LogP contribution in [0.2, 0.25) is 0 Å². The van der Waals surface area contributed by atoms with E-state index in [1.807, 2.05) is 41.5 Å². The molecule has 0 amide bonds. The molecule has 0 spiro atoms. The molecule has 0 aliphatic rings. The van der Waals surface area contributed by atoms with Crippen molar-refractivity contribution in [3.05, 3.63) is 0 Å². The van der Waals surface area contributed by atoms with E-state index in [9.17, 15) is 0 Å². The molecule has 0 heterocycles. The Hall–Kier alpha value is -0.320. The molecule has 0 aliphatic heterocycles. The van der Waals surface area contributed by atoms with Gasteiger partial charge in [-0.3, -0.25) is 10.5 Å². The molecule has 2 unspecified atom stereocenters. The van der Waals surface area contributed by atoms with Crippen LogP contribution in [-0.2, 0) is 29.3 Å². The largest absolute Gasteiger partial charge is 0.252 e. The first kappa shape index (κ1) is 23.7. The monoisotopic (exact) mass is 354 g/mol. The summed E-state index contributed by atoms with van der Waals surface area (Å²) in [6.45, 7) is 14.3. The van der Waals surface area contributed by atoms with Crippen molar-refractivity contribution in [2.45, 2.75) is 90.6 Å². The molecule has 2 N–H and O–H groups in total. The maximum atomic E-state index is 8.82. The summed E-state index contributed by atoms with van der Waals surface area (Å²) in [5.41, 5.74) is -2.88. The molecule has 8 nitrogen and oxygen atoms in total. The van der Waals surface area contributed by atoms with Gasteiger partial charge in [-0.2, -0.15) is 0 Å². The summed E-state index contributed by atoms with van der Waals surface area (Å²) in [5, 5.41) is 17.6. The zero-order valence-electron chi connectivity index (χ0n) is 16.2. The first-order valence-electron chi connectivity index (χ1n) is 8.01. The van der Waals surface area contributed by atoms with Gasteiger partial charge in [0.25, 0.3) is 0 Å². The van der Waals surface area contributed by atoms with Gasteiger partial charge in [0.1, 0.15) is 24.4 Å². The van der Waals surface area contributed by atoms with Gasteiger partial charge in [-0.1, -0.05) is 0 Å². The van der Waals surface area contributed by atoms with Gasteiger partial charge in [-0.25, -0.2) is 29.3 Å². The summed E-state index contributed by atoms with van der Waals surface area (Å²) in [4.78, 5) is 30.1. The van der Waals surface area contributed by atoms with E-state index in [0.717, 1.165) is 0 Å². The number of hydrogen-bond acceptors (Lipinski definition) is 8. The van der Waals surface area contributed by atoms with Crippen LogP contribution in [0.4, 0.5) is 0 Å². The quantitative estimate of drug-likeness (QED) is 0.428. The van der Waals surface area contributed by atoms with Crippen molar-refractivity contribution in [1.29, 1.82) is 0 Å². The van der Waals surface area contributed by atoms with Crippen LogP contribution >= 0.6 is 0 Å². The highest BCUT2D eigenvalue weighted by molar-refractivity contribution is 4.81. The minimum absolute atomic E-state index is 0.0979. The third-order valence-corrected chi connectivity index (χ3v) is 2.91. The van der Waals surface area contributed by atoms with E-state index in [-0.39, 0.29) is 13.2 Å². The van der Waals surface area contributed by atoms with Gasteiger partial charge in [0.2, 0.25) is 0 Å². The maximum absolute atomic E-state index is 8.82. The van der Waals surface area contributed by atoms with E-state index in [1.54, 1.807) is 13.8 Å². The van der Waals surface area contributed by atoms with Crippen LogP contribution in [0.5, 0.6) is 0 Å². The van der Waals surface area contributed by atoms with Gasteiger partial charge in [-0.05, 0) is 68.2 Å². The van der Waals surface area contributed by atoms with Crippen molar-refractivity contribution < 1.29 is 39.8 Å². The highest BCUT2D eigenvalue weighted by Gasteiger charge is 2.37. The van der Waals surface area contributed by atoms with Crippen LogP contribution in [0, 0.1) is 0 Å². The van der Waals surface area contributed by atoms with E-state index in [0.29, 0.717) is 12.8 Å². The van der Waals surface area contributed by atoms with Crippen LogP contribution < -0.4 is 0 Å². The topological polar surface area (TPSA) is 95.8 Å². The fraction of sp³-hybridized carbons (Fsp3) is 1.00. The minimum Gasteiger partial charge on any atom is -0.252 e. The molecule has 0 aromatic heterocycles. The molecule has 8 heteroatoms. The van der Waals surface area contributed by atoms with Crippen molar-refractivity contribution in [2.24, 2.45) is 0 Å². The average molecular weight is 354 g/mol. The molecule has 0 saturated heterocycles. The van der Waals surface area contributed by atoms with Crippen LogP contribution in [0.3, 0.4) is 0 Å². The molecule has 0 radical (unpaired) electrons. The fourth-order valence-electron chi connectivity index (χ4n) is 1.53. The smallest absolute Gasteiger partial charge is 0.127 e. The average Bonchev–Trinajstić information content (AvgIpc) is 2.41. The highest BCUT2D eigenvalue weighted by atomic mass is 17.2. The Balaban J connectivity index is 4.85. The molecule has 24 heavy (non-hydrogen) atoms. The molecule has 0 fully saturated rings. The maximum Gasteiger partial charge on any atom is 0.127 e. The van der Waals surface area contributed by atoms with Gasteiger partial charge >= 0.3 is 0 Å². The Labute approximate surface area is 144 Å². The molecule has 0 saturated carbocycles. The van der Waals surface area contributed by atoms with Crippen molar-refractivity contribution in [2.75, 3.05) is 13.2 Å². The van der Waals surface area contributed by atoms with E-state index in [1.165, 1.54) is 0 Å². The number of rotatable bonds is 11. The van der Waals surface area contributed by atoms with Gasteiger partial charge in [0, 0.05) is 0 Å². The normalized spacial score (nSPS) is 18.2. The van der Waals surface area contributed by atoms with Crippen molar-refractivity contribution in [3.63, 3.8) is 0 Å². The van der Waals surface area contributed by atoms with E-state index < -0.39 is 22.4 Å². The summed E-state index contributed by atoms with van der Waals surface area (Å²) in [6, 6.07) is 0. The van der Waals surface area contributed by atoms with E-state index >= 15 is 0 Å². The molecule has 0 rings (SSSR count). The van der Waals surface area contributed by atoms with Crippen molar-refractivity contribution in [3.8, 4) is 0 Å². The lowest BCUT2D eigenvalue weighted by Crippen LogP contribution is -2.43. The van der Waals surface area contributed by atoms with Crippen LogP contribution in [0.1, 0.15) is 68.2 Å². The van der Waals surface area contributed by atoms with Crippen LogP contribution in [0.15, 0.2) is 0 Å². The lowest BCUT2D eigenvalue weighted by atomic mass is 9.92. The van der Waals surface area contributed by atoms with Gasteiger partial charge in [0.15, 0.2) is 0 Å². The minimum atomic E-state index is -0.927. The zero-order chi connectivity index (χ0) is 19.1. The second-order valence-corrected chi connectivity index (χ2v) is 8.50. The Kier molecular flexibility index (Phi) is 9.27. The van der Waals surface area contributed by atoms with Crippen LogP contribution in [-0.4, -0.2) is 46.1 Å². The summed E-state index contributed by atoms with van der Waals surface area (Å²) in [7, 11) is 0. The Bertz CT molecular complexity index is 315. The first-order valence-corrected chi connectivity index (χ1v) is 8.01. The summed E-state index contributed by atoms with van der Waals surface area (Å²) in [6.07, 6.45) is 0.772. The predicted octanol–water partition coefficient (Wildman–Crippen LogP) is 3.76. The van der Waals surface area contributed by atoms with Gasteiger partial charge < -0.3 is 0 Å². The van der Waals surface area contributed by atoms with E-state index in [2.05, 4.69) is 9.78 Å². The fourth-order valence-corrected chi connectivity index (χ4v) is 1.53. The molecule has 146 valence electrons. The third kappa shape index (κ3) is 11.3. The molecule has 0 aromatic carbocycles. The van der Waals surface area contributed by atoms with Gasteiger partial charge in [-0.15, -0.1) is 0 Å². The zero-order valence-corrected chi connectivity index (χ0v) is 16.2. The van der Waals surface area contributed by atoms with Crippen molar-refractivity contribution >= 4 is 0 Å². The predicted molar refractivity (Wildman–Crippen MR) is 87.1 cm³/mol. The Morgan fingerprint density at radius 3 is 1.04 bits per heavy atom. The van der Waals surface area contributed by atoms with Gasteiger partial charge in [0.05, 0.1) is 11.2 Å². The first-order chi connectivity index (χ1) is 10.7. The molecule has 0 bridgehead atoms. The third-order valence-electron chi connectivity index (χ3n) is 2.91. The Morgan fingerprint density at radius 1 is 0.542 bits per heavy atom. The molecule has 0 aromatic rings. The van der Waals surface area contributed by atoms with Crippen LogP contribution in [0.25, 0.3) is 0 Å². The molecule has 2 atom stereocenters. The standard InChI is InChI=1S/C16H34O8/c1-13(2,3)21-23-15(7,11-19-17)9-10-16(8,12-20-18)24-22-14(4,5)6/h17-18H,9-12H2,1-8H3. The second-order valence-electron chi connectivity index (χ2n) is 8.50. The van der Waals surface area contributed by atoms with E-state index in [4.69, 9.17) is 30.1 Å². The number of hydrogen-bond donors (Lipinski definition) is 2. The lowest BCUT2D eigenvalue weighted by molar-refractivity contribution is -0.433. The SMILES string of the molecule is CC(C)(C)OOC(C)(CCC(C)(COO)OOC(C)(C)C)COO.